The van der Waals surface area contributed by atoms with Crippen LogP contribution in [0.1, 0.15) is 13.3 Å². The Morgan fingerprint density at radius 1 is 1.56 bits per heavy atom. The molecule has 1 unspecified atom stereocenters. The van der Waals surface area contributed by atoms with Crippen molar-refractivity contribution in [1.29, 1.82) is 0 Å². The first kappa shape index (κ1) is 11.2. The summed E-state index contributed by atoms with van der Waals surface area (Å²) in [7, 11) is 0. The fraction of sp³-hybridized carbons (Fsp3) is 0.364. The maximum Gasteiger partial charge on any atom is 0.201 e. The lowest BCUT2D eigenvalue weighted by molar-refractivity contribution is 0.629. The Balaban J connectivity index is 2.08. The van der Waals surface area contributed by atoms with Crippen molar-refractivity contribution >= 4 is 28.6 Å². The minimum Gasteiger partial charge on any atom is -0.356 e. The van der Waals surface area contributed by atoms with Gasteiger partial charge in [-0.1, -0.05) is 0 Å². The molecule has 1 heterocycles. The van der Waals surface area contributed by atoms with Gasteiger partial charge in [0.1, 0.15) is 5.82 Å². The summed E-state index contributed by atoms with van der Waals surface area (Å²) < 4.78 is 12.9. The van der Waals surface area contributed by atoms with Gasteiger partial charge in [-0.15, -0.1) is 11.6 Å². The molecule has 0 aliphatic rings. The monoisotopic (exact) mass is 241 g/mol. The highest BCUT2D eigenvalue weighted by atomic mass is 35.5. The summed E-state index contributed by atoms with van der Waals surface area (Å²) >= 11 is 5.82. The topological polar surface area (TPSA) is 40.7 Å². The first-order chi connectivity index (χ1) is 7.65. The predicted molar refractivity (Wildman–Crippen MR) is 64.5 cm³/mol. The third-order valence-electron chi connectivity index (χ3n) is 2.28. The normalized spacial score (nSPS) is 12.9. The van der Waals surface area contributed by atoms with E-state index in [9.17, 15) is 4.39 Å². The average molecular weight is 242 g/mol. The number of anilines is 1. The summed E-state index contributed by atoms with van der Waals surface area (Å²) in [5.74, 6) is 0.384. The van der Waals surface area contributed by atoms with E-state index < -0.39 is 0 Å². The Kier molecular flexibility index (Phi) is 3.29. The predicted octanol–water partition coefficient (Wildman–Crippen LogP) is 3.13. The van der Waals surface area contributed by atoms with Crippen molar-refractivity contribution in [3.05, 3.63) is 24.0 Å². The van der Waals surface area contributed by atoms with E-state index in [0.29, 0.717) is 11.5 Å². The number of aromatic amines is 1. The van der Waals surface area contributed by atoms with Crippen molar-refractivity contribution in [3.8, 4) is 0 Å². The first-order valence-electron chi connectivity index (χ1n) is 5.18. The van der Waals surface area contributed by atoms with Crippen molar-refractivity contribution in [2.24, 2.45) is 0 Å². The lowest BCUT2D eigenvalue weighted by Gasteiger charge is -2.03. The summed E-state index contributed by atoms with van der Waals surface area (Å²) in [6.07, 6.45) is 0.854. The number of hydrogen-bond acceptors (Lipinski definition) is 2. The minimum atomic E-state index is -0.267. The van der Waals surface area contributed by atoms with Crippen LogP contribution in [0.15, 0.2) is 18.2 Å². The third kappa shape index (κ3) is 2.64. The highest BCUT2D eigenvalue weighted by Gasteiger charge is 2.03. The van der Waals surface area contributed by atoms with Gasteiger partial charge in [0, 0.05) is 11.9 Å². The zero-order chi connectivity index (χ0) is 11.5. The second-order valence-electron chi connectivity index (χ2n) is 3.74. The highest BCUT2D eigenvalue weighted by Crippen LogP contribution is 2.15. The molecule has 0 saturated heterocycles. The van der Waals surface area contributed by atoms with Crippen LogP contribution in [0.3, 0.4) is 0 Å². The number of benzene rings is 1. The van der Waals surface area contributed by atoms with Crippen LogP contribution >= 0.6 is 11.6 Å². The van der Waals surface area contributed by atoms with Crippen molar-refractivity contribution in [2.75, 3.05) is 11.9 Å². The van der Waals surface area contributed by atoms with Gasteiger partial charge in [0.2, 0.25) is 5.95 Å². The molecule has 2 N–H and O–H groups in total. The summed E-state index contributed by atoms with van der Waals surface area (Å²) in [5.41, 5.74) is 1.45. The van der Waals surface area contributed by atoms with Gasteiger partial charge in [0.25, 0.3) is 0 Å². The smallest absolute Gasteiger partial charge is 0.201 e. The summed E-state index contributed by atoms with van der Waals surface area (Å²) in [6, 6.07) is 4.47. The Bertz CT molecular complexity index is 481. The van der Waals surface area contributed by atoms with Crippen LogP contribution in [0.25, 0.3) is 11.0 Å². The molecular weight excluding hydrogens is 229 g/mol. The molecule has 5 heteroatoms. The van der Waals surface area contributed by atoms with Crippen LogP contribution in [0, 0.1) is 5.82 Å². The molecule has 1 aromatic carbocycles. The SMILES string of the molecule is CC(Cl)CCNc1nc2ccc(F)cc2[nH]1. The number of H-pyrrole nitrogens is 1. The molecule has 1 aromatic heterocycles. The van der Waals surface area contributed by atoms with Crippen LogP contribution in [0.5, 0.6) is 0 Å². The average Bonchev–Trinajstić information content (AvgIpc) is 2.58. The molecule has 0 aliphatic heterocycles. The number of alkyl halides is 1. The Morgan fingerprint density at radius 2 is 2.38 bits per heavy atom. The molecule has 1 atom stereocenters. The summed E-state index contributed by atoms with van der Waals surface area (Å²) in [6.45, 7) is 2.68. The van der Waals surface area contributed by atoms with Crippen molar-refractivity contribution in [1.82, 2.24) is 9.97 Å². The van der Waals surface area contributed by atoms with Gasteiger partial charge in [0.05, 0.1) is 11.0 Å². The Morgan fingerprint density at radius 3 is 3.12 bits per heavy atom. The highest BCUT2D eigenvalue weighted by molar-refractivity contribution is 6.20. The van der Waals surface area contributed by atoms with Gasteiger partial charge >= 0.3 is 0 Å². The van der Waals surface area contributed by atoms with E-state index in [2.05, 4.69) is 15.3 Å². The Labute approximate surface area is 98.0 Å². The fourth-order valence-corrected chi connectivity index (χ4v) is 1.56. The molecule has 0 aliphatic carbocycles. The zero-order valence-corrected chi connectivity index (χ0v) is 9.68. The molecule has 0 bridgehead atoms. The number of hydrogen-bond donors (Lipinski definition) is 2. The van der Waals surface area contributed by atoms with Gasteiger partial charge in [-0.3, -0.25) is 0 Å². The van der Waals surface area contributed by atoms with Gasteiger partial charge in [0.15, 0.2) is 0 Å². The zero-order valence-electron chi connectivity index (χ0n) is 8.93. The number of nitrogens with zero attached hydrogens (tertiary/aromatic N) is 1. The van der Waals surface area contributed by atoms with Gasteiger partial charge in [-0.25, -0.2) is 9.37 Å². The lowest BCUT2D eigenvalue weighted by Crippen LogP contribution is -2.07. The number of aromatic nitrogens is 2. The molecule has 2 rings (SSSR count). The van der Waals surface area contributed by atoms with Gasteiger partial charge < -0.3 is 10.3 Å². The largest absolute Gasteiger partial charge is 0.356 e. The molecule has 0 saturated carbocycles. The van der Waals surface area contributed by atoms with Crippen LogP contribution in [0.2, 0.25) is 0 Å². The molecule has 0 radical (unpaired) electrons. The molecular formula is C11H13ClFN3. The second-order valence-corrected chi connectivity index (χ2v) is 4.49. The molecule has 16 heavy (non-hydrogen) atoms. The summed E-state index contributed by atoms with van der Waals surface area (Å²) in [5, 5.41) is 3.24. The number of fused-ring (bicyclic) bond motifs is 1. The maximum absolute atomic E-state index is 12.9. The van der Waals surface area contributed by atoms with Crippen LogP contribution < -0.4 is 5.32 Å². The number of halogens is 2. The maximum atomic E-state index is 12.9. The quantitative estimate of drug-likeness (QED) is 0.808. The minimum absolute atomic E-state index is 0.134. The van der Waals surface area contributed by atoms with Crippen LogP contribution in [-0.2, 0) is 0 Å². The van der Waals surface area contributed by atoms with E-state index in [1.54, 1.807) is 6.07 Å². The number of imidazole rings is 1. The van der Waals surface area contributed by atoms with Gasteiger partial charge in [-0.05, 0) is 31.5 Å². The van der Waals surface area contributed by atoms with E-state index in [0.717, 1.165) is 18.5 Å². The van der Waals surface area contributed by atoms with Crippen molar-refractivity contribution in [3.63, 3.8) is 0 Å². The second kappa shape index (κ2) is 4.70. The molecule has 0 spiro atoms. The van der Waals surface area contributed by atoms with Crippen molar-refractivity contribution < 1.29 is 4.39 Å². The van der Waals surface area contributed by atoms with Crippen LogP contribution in [-0.4, -0.2) is 21.9 Å². The molecule has 0 fully saturated rings. The number of rotatable bonds is 4. The van der Waals surface area contributed by atoms with E-state index in [4.69, 9.17) is 11.6 Å². The van der Waals surface area contributed by atoms with E-state index in [1.165, 1.54) is 12.1 Å². The molecule has 3 nitrogen and oxygen atoms in total. The van der Waals surface area contributed by atoms with Gasteiger partial charge in [-0.2, -0.15) is 0 Å². The third-order valence-corrected chi connectivity index (χ3v) is 2.50. The lowest BCUT2D eigenvalue weighted by atomic mass is 10.3. The van der Waals surface area contributed by atoms with E-state index in [1.807, 2.05) is 6.92 Å². The fourth-order valence-electron chi connectivity index (χ4n) is 1.46. The standard InChI is InChI=1S/C11H13ClFN3/c1-7(12)4-5-14-11-15-9-3-2-8(13)6-10(9)16-11/h2-3,6-7H,4-5H2,1H3,(H2,14,15,16). The molecule has 0 amide bonds. The first-order valence-corrected chi connectivity index (χ1v) is 5.62. The number of nitrogens with one attached hydrogen (secondary N) is 2. The van der Waals surface area contributed by atoms with Crippen molar-refractivity contribution in [2.45, 2.75) is 18.7 Å². The molecule has 86 valence electrons. The van der Waals surface area contributed by atoms with E-state index >= 15 is 0 Å². The molecule has 2 aromatic rings. The van der Waals surface area contributed by atoms with E-state index in [-0.39, 0.29) is 11.2 Å². The van der Waals surface area contributed by atoms with Crippen LogP contribution in [0.4, 0.5) is 10.3 Å². The Hall–Kier alpha value is -1.29. The summed E-state index contributed by atoms with van der Waals surface area (Å²) in [4.78, 5) is 7.28.